The van der Waals surface area contributed by atoms with Crippen molar-refractivity contribution in [3.63, 3.8) is 0 Å². The molecule has 0 saturated heterocycles. The van der Waals surface area contributed by atoms with E-state index in [4.69, 9.17) is 9.05 Å². The van der Waals surface area contributed by atoms with Crippen LogP contribution >= 0.6 is 7.82 Å². The zero-order chi connectivity index (χ0) is 54.9. The fourth-order valence-electron chi connectivity index (χ4n) is 9.70. The van der Waals surface area contributed by atoms with E-state index in [0.29, 0.717) is 17.4 Å². The van der Waals surface area contributed by atoms with Crippen molar-refractivity contribution in [2.24, 2.45) is 0 Å². The Kier molecular flexibility index (Phi) is 56.0. The Morgan fingerprint density at radius 2 is 0.760 bits per heavy atom. The van der Waals surface area contributed by atoms with Gasteiger partial charge in [0.15, 0.2) is 0 Å². The summed E-state index contributed by atoms with van der Waals surface area (Å²) in [5.41, 5.74) is 0. The van der Waals surface area contributed by atoms with Gasteiger partial charge >= 0.3 is 7.82 Å². The molecule has 0 saturated carbocycles. The number of allylic oxidation sites excluding steroid dienone is 7. The van der Waals surface area contributed by atoms with Gasteiger partial charge in [-0.3, -0.25) is 13.8 Å². The molecule has 0 rings (SSSR count). The molecule has 1 amide bonds. The largest absolute Gasteiger partial charge is 0.472 e. The number of hydrogen-bond acceptors (Lipinski definition) is 5. The van der Waals surface area contributed by atoms with Crippen molar-refractivity contribution in [2.45, 2.75) is 328 Å². The maximum Gasteiger partial charge on any atom is 0.472 e. The fraction of sp³-hybridized carbons (Fsp3) is 0.864. The molecule has 0 radical (unpaired) electrons. The van der Waals surface area contributed by atoms with Crippen LogP contribution in [0.15, 0.2) is 48.6 Å². The van der Waals surface area contributed by atoms with Crippen LogP contribution in [0.2, 0.25) is 0 Å². The van der Waals surface area contributed by atoms with Gasteiger partial charge in [-0.25, -0.2) is 4.57 Å². The Balaban J connectivity index is 4.10. The van der Waals surface area contributed by atoms with Crippen molar-refractivity contribution in [1.82, 2.24) is 5.32 Å². The molecule has 0 aliphatic carbocycles. The van der Waals surface area contributed by atoms with E-state index in [0.717, 1.165) is 51.4 Å². The summed E-state index contributed by atoms with van der Waals surface area (Å²) >= 11 is 0. The van der Waals surface area contributed by atoms with Gasteiger partial charge in [0.25, 0.3) is 0 Å². The van der Waals surface area contributed by atoms with Crippen LogP contribution < -0.4 is 5.32 Å². The molecule has 0 heterocycles. The normalized spacial score (nSPS) is 14.1. The summed E-state index contributed by atoms with van der Waals surface area (Å²) in [5.74, 6) is -0.173. The molecular weight excluding hydrogens is 948 g/mol. The summed E-state index contributed by atoms with van der Waals surface area (Å²) in [5, 5.41) is 14.0. The zero-order valence-corrected chi connectivity index (χ0v) is 51.4. The van der Waals surface area contributed by atoms with Crippen molar-refractivity contribution in [2.75, 3.05) is 40.9 Å². The molecule has 75 heavy (non-hydrogen) atoms. The number of aliphatic hydroxyl groups excluding tert-OH is 1. The first-order valence-electron chi connectivity index (χ1n) is 32.5. The minimum absolute atomic E-state index is 0.0621. The number of phosphoric acid groups is 1. The van der Waals surface area contributed by atoms with Gasteiger partial charge in [-0.1, -0.05) is 300 Å². The summed E-state index contributed by atoms with van der Waals surface area (Å²) in [7, 11) is 1.58. The van der Waals surface area contributed by atoms with E-state index in [2.05, 4.69) is 55.6 Å². The number of aliphatic hydroxyl groups is 1. The van der Waals surface area contributed by atoms with Gasteiger partial charge < -0.3 is 19.8 Å². The van der Waals surface area contributed by atoms with Crippen LogP contribution in [0, 0.1) is 0 Å². The SMILES string of the molecule is CCCCCCC/C=C\C/C=C\C/C=C\CCCCCCCCCCCCCCCCCCC(=O)NC(COP(=O)(O)OCC[N+](C)(C)C)C(O)/C=C/CCCCCCCCCCCCCCCCCCCCCC. The van der Waals surface area contributed by atoms with Gasteiger partial charge in [0.1, 0.15) is 13.2 Å². The molecule has 0 aromatic heterocycles. The van der Waals surface area contributed by atoms with Crippen molar-refractivity contribution in [3.05, 3.63) is 48.6 Å². The number of unbranched alkanes of at least 4 members (excludes halogenated alkanes) is 41. The Bertz CT molecular complexity index is 1360. The molecule has 8 nitrogen and oxygen atoms in total. The molecule has 0 aromatic carbocycles. The molecule has 9 heteroatoms. The Morgan fingerprint density at radius 1 is 0.453 bits per heavy atom. The third kappa shape index (κ3) is 60.0. The van der Waals surface area contributed by atoms with Crippen molar-refractivity contribution in [1.29, 1.82) is 0 Å². The molecule has 3 N–H and O–H groups in total. The Morgan fingerprint density at radius 3 is 1.11 bits per heavy atom. The molecule has 442 valence electrons. The topological polar surface area (TPSA) is 105 Å². The quantitative estimate of drug-likeness (QED) is 0.0243. The lowest BCUT2D eigenvalue weighted by molar-refractivity contribution is -0.870. The van der Waals surface area contributed by atoms with E-state index in [1.807, 2.05) is 27.2 Å². The molecule has 0 spiro atoms. The van der Waals surface area contributed by atoms with Crippen LogP contribution in [0.4, 0.5) is 0 Å². The van der Waals surface area contributed by atoms with Crippen molar-refractivity contribution < 1.29 is 32.9 Å². The lowest BCUT2D eigenvalue weighted by Crippen LogP contribution is -2.45. The maximum absolute atomic E-state index is 13.0. The van der Waals surface area contributed by atoms with Crippen LogP contribution in [-0.2, 0) is 18.4 Å². The van der Waals surface area contributed by atoms with Crippen molar-refractivity contribution in [3.8, 4) is 0 Å². The summed E-state index contributed by atoms with van der Waals surface area (Å²) < 4.78 is 23.8. The fourth-order valence-corrected chi connectivity index (χ4v) is 10.4. The number of rotatable bonds is 60. The summed E-state index contributed by atoms with van der Waals surface area (Å²) in [4.78, 5) is 23.4. The monoisotopic (exact) mass is 1080 g/mol. The van der Waals surface area contributed by atoms with E-state index in [1.54, 1.807) is 6.08 Å². The van der Waals surface area contributed by atoms with Crippen LogP contribution in [0.1, 0.15) is 316 Å². The number of likely N-dealkylation sites (N-methyl/N-ethyl adjacent to an activating group) is 1. The number of hydrogen-bond donors (Lipinski definition) is 3. The maximum atomic E-state index is 13.0. The minimum Gasteiger partial charge on any atom is -0.387 e. The van der Waals surface area contributed by atoms with Gasteiger partial charge in [0.2, 0.25) is 5.91 Å². The van der Waals surface area contributed by atoms with Crippen LogP contribution in [-0.4, -0.2) is 73.4 Å². The highest BCUT2D eigenvalue weighted by molar-refractivity contribution is 7.47. The summed E-state index contributed by atoms with van der Waals surface area (Å²) in [6, 6.07) is -0.848. The van der Waals surface area contributed by atoms with E-state index in [-0.39, 0.29) is 19.1 Å². The molecule has 0 aromatic rings. The lowest BCUT2D eigenvalue weighted by atomic mass is 10.0. The number of carbonyl (C=O) groups is 1. The molecule has 3 unspecified atom stereocenters. The van der Waals surface area contributed by atoms with Crippen molar-refractivity contribution >= 4 is 13.7 Å². The number of amides is 1. The average Bonchev–Trinajstić information content (AvgIpc) is 3.37. The highest BCUT2D eigenvalue weighted by Gasteiger charge is 2.28. The van der Waals surface area contributed by atoms with Gasteiger partial charge in [0, 0.05) is 6.42 Å². The molecular formula is C66H128N2O6P+. The summed E-state index contributed by atoms with van der Waals surface area (Å²) in [6.07, 6.45) is 76.6. The van der Waals surface area contributed by atoms with E-state index in [9.17, 15) is 19.4 Å². The Hall–Kier alpha value is -1.54. The standard InChI is InChI=1S/C66H127N2O6P/c1-6-8-10-12-14-16-18-20-22-24-26-28-30-31-32-33-34-35-36-37-38-40-42-44-46-48-50-52-54-56-58-60-66(70)67-64(63-74-75(71,72)73-62-61-68(3,4)5)65(69)59-57-55-53-51-49-47-45-43-41-39-29-27-25-23-21-19-17-15-13-11-9-7-2/h18,20,24,26,30-31,57,59,64-65,69H,6-17,19,21-23,25,27-29,32-56,58,60-63H2,1-5H3,(H-,67,70,71,72)/p+1/b20-18-,26-24-,31-30-,59-57+. The third-order valence-corrected chi connectivity index (χ3v) is 15.8. The number of phosphoric ester groups is 1. The van der Waals surface area contributed by atoms with E-state index in [1.165, 1.54) is 244 Å². The first kappa shape index (κ1) is 73.5. The van der Waals surface area contributed by atoms with Crippen LogP contribution in [0.3, 0.4) is 0 Å². The first-order valence-corrected chi connectivity index (χ1v) is 34.0. The van der Waals surface area contributed by atoms with Crippen LogP contribution in [0.5, 0.6) is 0 Å². The zero-order valence-electron chi connectivity index (χ0n) is 50.6. The molecule has 0 fully saturated rings. The van der Waals surface area contributed by atoms with E-state index >= 15 is 0 Å². The smallest absolute Gasteiger partial charge is 0.387 e. The van der Waals surface area contributed by atoms with Gasteiger partial charge in [-0.2, -0.15) is 0 Å². The van der Waals surface area contributed by atoms with Gasteiger partial charge in [-0.15, -0.1) is 0 Å². The average molecular weight is 1080 g/mol. The summed E-state index contributed by atoms with van der Waals surface area (Å²) in [6.45, 7) is 4.85. The van der Waals surface area contributed by atoms with E-state index < -0.39 is 20.0 Å². The highest BCUT2D eigenvalue weighted by Crippen LogP contribution is 2.43. The highest BCUT2D eigenvalue weighted by atomic mass is 31.2. The molecule has 0 bridgehead atoms. The second-order valence-electron chi connectivity index (χ2n) is 23.5. The molecule has 3 atom stereocenters. The second kappa shape index (κ2) is 57.2. The molecule has 0 aliphatic heterocycles. The van der Waals surface area contributed by atoms with Crippen LogP contribution in [0.25, 0.3) is 0 Å². The predicted octanol–water partition coefficient (Wildman–Crippen LogP) is 20.3. The number of nitrogens with zero attached hydrogens (tertiary/aromatic N) is 1. The number of quaternary nitrogens is 1. The van der Waals surface area contributed by atoms with Gasteiger partial charge in [0.05, 0.1) is 39.9 Å². The number of nitrogens with one attached hydrogen (secondary N) is 1. The third-order valence-electron chi connectivity index (χ3n) is 14.8. The lowest BCUT2D eigenvalue weighted by Gasteiger charge is -2.25. The predicted molar refractivity (Wildman–Crippen MR) is 327 cm³/mol. The Labute approximate surface area is 467 Å². The minimum atomic E-state index is -4.35. The molecule has 0 aliphatic rings. The second-order valence-corrected chi connectivity index (χ2v) is 24.9. The first-order chi connectivity index (χ1) is 36.5. The number of carbonyl (C=O) groups excluding carboxylic acids is 1. The van der Waals surface area contributed by atoms with Gasteiger partial charge in [-0.05, 0) is 57.8 Å².